The number of hydrogen-bond acceptors (Lipinski definition) is 2. The van der Waals surface area contributed by atoms with Gasteiger partial charge < -0.3 is 10.6 Å². The normalized spacial score (nSPS) is 21.8. The fourth-order valence-electron chi connectivity index (χ4n) is 4.68. The molecule has 0 aromatic heterocycles. The molecule has 0 bridgehead atoms. The topological polar surface area (TPSA) is 41.1 Å². The van der Waals surface area contributed by atoms with Gasteiger partial charge in [-0.3, -0.25) is 4.79 Å². The Morgan fingerprint density at radius 3 is 2.76 bits per heavy atom. The summed E-state index contributed by atoms with van der Waals surface area (Å²) in [6.45, 7) is 7.13. The van der Waals surface area contributed by atoms with E-state index in [9.17, 15) is 4.79 Å². The molecule has 25 heavy (non-hydrogen) atoms. The van der Waals surface area contributed by atoms with Gasteiger partial charge in [0.2, 0.25) is 5.91 Å². The van der Waals surface area contributed by atoms with Crippen LogP contribution in [0.3, 0.4) is 0 Å². The van der Waals surface area contributed by atoms with Gasteiger partial charge in [0.05, 0.1) is 0 Å². The van der Waals surface area contributed by atoms with Gasteiger partial charge in [-0.05, 0) is 62.1 Å². The minimum Gasteiger partial charge on any atom is -0.352 e. The number of aryl methyl sites for hydroxylation is 2. The third-order valence-corrected chi connectivity index (χ3v) is 6.28. The first-order valence-corrected chi connectivity index (χ1v) is 9.63. The summed E-state index contributed by atoms with van der Waals surface area (Å²) in [5.41, 5.74) is 4.23. The number of hydrogen-bond donors (Lipinski definition) is 2. The summed E-state index contributed by atoms with van der Waals surface area (Å²) in [6.07, 6.45) is 8.55. The lowest BCUT2D eigenvalue weighted by molar-refractivity contribution is -0.121. The molecular formula is C21H33ClN2O. The van der Waals surface area contributed by atoms with Gasteiger partial charge in [0.15, 0.2) is 0 Å². The Kier molecular flexibility index (Phi) is 7.33. The second-order valence-electron chi connectivity index (χ2n) is 8.00. The maximum atomic E-state index is 12.3. The first-order chi connectivity index (χ1) is 11.6. The molecule has 1 atom stereocenters. The van der Waals surface area contributed by atoms with Crippen molar-refractivity contribution in [1.29, 1.82) is 0 Å². The molecule has 2 aliphatic rings. The van der Waals surface area contributed by atoms with E-state index in [2.05, 4.69) is 42.7 Å². The Balaban J connectivity index is 0.00000225. The Hall–Kier alpha value is -1.06. The molecule has 1 aromatic carbocycles. The molecule has 2 fully saturated rings. The quantitative estimate of drug-likeness (QED) is 0.818. The molecule has 1 heterocycles. The van der Waals surface area contributed by atoms with E-state index in [1.165, 1.54) is 55.3 Å². The lowest BCUT2D eigenvalue weighted by Gasteiger charge is -2.38. The van der Waals surface area contributed by atoms with Crippen molar-refractivity contribution >= 4 is 18.3 Å². The van der Waals surface area contributed by atoms with E-state index in [1.54, 1.807) is 0 Å². The van der Waals surface area contributed by atoms with E-state index in [1.807, 2.05) is 0 Å². The van der Waals surface area contributed by atoms with Crippen molar-refractivity contribution in [2.45, 2.75) is 65.3 Å². The van der Waals surface area contributed by atoms with Gasteiger partial charge >= 0.3 is 0 Å². The Morgan fingerprint density at radius 1 is 1.24 bits per heavy atom. The summed E-state index contributed by atoms with van der Waals surface area (Å²) in [6, 6.07) is 6.43. The number of amides is 1. The summed E-state index contributed by atoms with van der Waals surface area (Å²) < 4.78 is 0. The zero-order valence-corrected chi connectivity index (χ0v) is 16.5. The standard InChI is InChI=1S/C21H32N2O.ClH/c1-16-6-7-17(2)18(12-16)13-23-20(24)9-8-19-14-22-15-21(19)10-4-3-5-11-21;/h6-7,12,19,22H,3-5,8-11,13-15H2,1-2H3,(H,23,24);1H. The van der Waals surface area contributed by atoms with Crippen LogP contribution >= 0.6 is 12.4 Å². The number of carbonyl (C=O) groups is 1. The lowest BCUT2D eigenvalue weighted by atomic mass is 9.66. The zero-order valence-electron chi connectivity index (χ0n) is 15.7. The maximum Gasteiger partial charge on any atom is 0.220 e. The van der Waals surface area contributed by atoms with Gasteiger partial charge in [-0.25, -0.2) is 0 Å². The molecule has 140 valence electrons. The van der Waals surface area contributed by atoms with E-state index in [0.29, 0.717) is 24.3 Å². The monoisotopic (exact) mass is 364 g/mol. The summed E-state index contributed by atoms with van der Waals surface area (Å²) >= 11 is 0. The molecule has 1 aliphatic heterocycles. The van der Waals surface area contributed by atoms with Crippen molar-refractivity contribution in [3.63, 3.8) is 0 Å². The largest absolute Gasteiger partial charge is 0.352 e. The smallest absolute Gasteiger partial charge is 0.220 e. The van der Waals surface area contributed by atoms with Crippen LogP contribution in [0.5, 0.6) is 0 Å². The third-order valence-electron chi connectivity index (χ3n) is 6.28. The fourth-order valence-corrected chi connectivity index (χ4v) is 4.68. The average Bonchev–Trinajstić information content (AvgIpc) is 2.96. The van der Waals surface area contributed by atoms with Crippen LogP contribution < -0.4 is 10.6 Å². The van der Waals surface area contributed by atoms with Crippen LogP contribution in [0.1, 0.15) is 61.6 Å². The van der Waals surface area contributed by atoms with E-state index >= 15 is 0 Å². The Labute approximate surface area is 158 Å². The van der Waals surface area contributed by atoms with Crippen LogP contribution in [-0.2, 0) is 11.3 Å². The van der Waals surface area contributed by atoms with Crippen molar-refractivity contribution in [3.8, 4) is 0 Å². The molecule has 1 amide bonds. The van der Waals surface area contributed by atoms with Gasteiger partial charge in [0.1, 0.15) is 0 Å². The van der Waals surface area contributed by atoms with E-state index < -0.39 is 0 Å². The molecule has 1 saturated carbocycles. The zero-order chi connectivity index (χ0) is 17.0. The van der Waals surface area contributed by atoms with Crippen molar-refractivity contribution in [1.82, 2.24) is 10.6 Å². The molecule has 2 N–H and O–H groups in total. The number of nitrogens with one attached hydrogen (secondary N) is 2. The molecule has 3 rings (SSSR count). The predicted molar refractivity (Wildman–Crippen MR) is 106 cm³/mol. The van der Waals surface area contributed by atoms with Gasteiger partial charge in [-0.2, -0.15) is 0 Å². The summed E-state index contributed by atoms with van der Waals surface area (Å²) in [4.78, 5) is 12.3. The second-order valence-corrected chi connectivity index (χ2v) is 8.00. The highest BCUT2D eigenvalue weighted by Gasteiger charge is 2.42. The van der Waals surface area contributed by atoms with Crippen molar-refractivity contribution < 1.29 is 4.79 Å². The van der Waals surface area contributed by atoms with Crippen molar-refractivity contribution in [2.24, 2.45) is 11.3 Å². The van der Waals surface area contributed by atoms with Crippen molar-refractivity contribution in [2.75, 3.05) is 13.1 Å². The molecule has 1 aromatic rings. The van der Waals surface area contributed by atoms with Crippen LogP contribution in [0, 0.1) is 25.2 Å². The molecular weight excluding hydrogens is 332 g/mol. The fraction of sp³-hybridized carbons (Fsp3) is 0.667. The van der Waals surface area contributed by atoms with Crippen LogP contribution in [0.2, 0.25) is 0 Å². The Bertz CT molecular complexity index is 581. The SMILES string of the molecule is Cc1ccc(C)c(CNC(=O)CCC2CNCC23CCCCC3)c1.Cl. The van der Waals surface area contributed by atoms with Gasteiger partial charge in [0.25, 0.3) is 0 Å². The highest BCUT2D eigenvalue weighted by atomic mass is 35.5. The number of halogens is 1. The maximum absolute atomic E-state index is 12.3. The Morgan fingerprint density at radius 2 is 2.00 bits per heavy atom. The van der Waals surface area contributed by atoms with Crippen molar-refractivity contribution in [3.05, 3.63) is 34.9 Å². The summed E-state index contributed by atoms with van der Waals surface area (Å²) in [5.74, 6) is 0.887. The molecule has 1 saturated heterocycles. The third kappa shape index (κ3) is 4.98. The van der Waals surface area contributed by atoms with E-state index in [4.69, 9.17) is 0 Å². The first-order valence-electron chi connectivity index (χ1n) is 9.63. The molecule has 1 unspecified atom stereocenters. The molecule has 1 spiro atoms. The first kappa shape index (κ1) is 20.3. The van der Waals surface area contributed by atoms with E-state index in [-0.39, 0.29) is 18.3 Å². The second kappa shape index (κ2) is 9.05. The van der Waals surface area contributed by atoms with Crippen LogP contribution in [0.25, 0.3) is 0 Å². The van der Waals surface area contributed by atoms with Gasteiger partial charge in [0, 0.05) is 19.5 Å². The van der Waals surface area contributed by atoms with Crippen LogP contribution in [0.15, 0.2) is 18.2 Å². The van der Waals surface area contributed by atoms with Crippen LogP contribution in [-0.4, -0.2) is 19.0 Å². The summed E-state index contributed by atoms with van der Waals surface area (Å²) in [5, 5.41) is 6.72. The van der Waals surface area contributed by atoms with Crippen LogP contribution in [0.4, 0.5) is 0 Å². The summed E-state index contributed by atoms with van der Waals surface area (Å²) in [7, 11) is 0. The molecule has 1 aliphatic carbocycles. The molecule has 3 nitrogen and oxygen atoms in total. The highest BCUT2D eigenvalue weighted by molar-refractivity contribution is 5.85. The van der Waals surface area contributed by atoms with Gasteiger partial charge in [-0.1, -0.05) is 43.0 Å². The van der Waals surface area contributed by atoms with Gasteiger partial charge in [-0.15, -0.1) is 12.4 Å². The lowest BCUT2D eigenvalue weighted by Crippen LogP contribution is -2.33. The number of rotatable bonds is 5. The number of carbonyl (C=O) groups excluding carboxylic acids is 1. The minimum atomic E-state index is 0. The predicted octanol–water partition coefficient (Wildman–Crippen LogP) is 4.29. The molecule has 0 radical (unpaired) electrons. The molecule has 4 heteroatoms. The number of benzene rings is 1. The highest BCUT2D eigenvalue weighted by Crippen LogP contribution is 2.46. The minimum absolute atomic E-state index is 0. The average molecular weight is 365 g/mol. The van der Waals surface area contributed by atoms with E-state index in [0.717, 1.165) is 13.0 Å².